The van der Waals surface area contributed by atoms with Crippen LogP contribution in [0.3, 0.4) is 0 Å². The molecule has 28 heavy (non-hydrogen) atoms. The van der Waals surface area contributed by atoms with Crippen molar-refractivity contribution in [2.45, 2.75) is 40.3 Å². The van der Waals surface area contributed by atoms with E-state index in [9.17, 15) is 9.59 Å². The van der Waals surface area contributed by atoms with E-state index in [4.69, 9.17) is 4.74 Å². The van der Waals surface area contributed by atoms with Gasteiger partial charge in [0.15, 0.2) is 6.61 Å². The molecule has 150 valence electrons. The second kappa shape index (κ2) is 9.73. The highest BCUT2D eigenvalue weighted by Crippen LogP contribution is 2.26. The summed E-state index contributed by atoms with van der Waals surface area (Å²) in [6, 6.07) is 11.1. The Labute approximate surface area is 175 Å². The number of halogens is 1. The van der Waals surface area contributed by atoms with Crippen LogP contribution in [0.5, 0.6) is 5.75 Å². The molecular formula is C22H27BrN2O3. The molecule has 0 aliphatic rings. The molecule has 0 saturated carbocycles. The molecule has 5 nitrogen and oxygen atoms in total. The van der Waals surface area contributed by atoms with E-state index in [1.54, 1.807) is 18.9 Å². The Morgan fingerprint density at radius 1 is 1.14 bits per heavy atom. The van der Waals surface area contributed by atoms with E-state index in [0.717, 1.165) is 26.7 Å². The van der Waals surface area contributed by atoms with Gasteiger partial charge in [-0.3, -0.25) is 9.59 Å². The van der Waals surface area contributed by atoms with Crippen molar-refractivity contribution in [2.24, 2.45) is 0 Å². The molecule has 1 N–H and O–H groups in total. The lowest BCUT2D eigenvalue weighted by molar-refractivity contribution is -0.142. The van der Waals surface area contributed by atoms with Crippen molar-refractivity contribution < 1.29 is 14.3 Å². The number of ether oxygens (including phenoxy) is 1. The van der Waals surface area contributed by atoms with Gasteiger partial charge >= 0.3 is 0 Å². The molecule has 0 saturated heterocycles. The summed E-state index contributed by atoms with van der Waals surface area (Å²) in [7, 11) is 1.57. The van der Waals surface area contributed by atoms with Gasteiger partial charge in [0.1, 0.15) is 11.8 Å². The lowest BCUT2D eigenvalue weighted by atomic mass is 10.1. The second-order valence-corrected chi connectivity index (χ2v) is 7.75. The summed E-state index contributed by atoms with van der Waals surface area (Å²) in [5.74, 6) is 0.182. The van der Waals surface area contributed by atoms with Gasteiger partial charge in [-0.15, -0.1) is 0 Å². The maximum absolute atomic E-state index is 12.9. The minimum absolute atomic E-state index is 0.131. The first-order valence-corrected chi connectivity index (χ1v) is 9.98. The van der Waals surface area contributed by atoms with Gasteiger partial charge in [0, 0.05) is 18.1 Å². The summed E-state index contributed by atoms with van der Waals surface area (Å²) >= 11 is 3.53. The molecule has 2 aromatic rings. The van der Waals surface area contributed by atoms with Crippen LogP contribution in [-0.4, -0.2) is 36.4 Å². The third kappa shape index (κ3) is 5.58. The van der Waals surface area contributed by atoms with Crippen molar-refractivity contribution in [3.05, 3.63) is 63.1 Å². The van der Waals surface area contributed by atoms with Crippen molar-refractivity contribution in [1.82, 2.24) is 10.2 Å². The zero-order chi connectivity index (χ0) is 20.8. The normalized spacial score (nSPS) is 11.6. The van der Waals surface area contributed by atoms with Crippen LogP contribution in [0.25, 0.3) is 0 Å². The number of nitrogens with one attached hydrogen (secondary N) is 1. The van der Waals surface area contributed by atoms with Crippen LogP contribution in [0.15, 0.2) is 40.9 Å². The Bertz CT molecular complexity index is 844. The van der Waals surface area contributed by atoms with Crippen LogP contribution in [0, 0.1) is 20.8 Å². The first-order chi connectivity index (χ1) is 13.2. The zero-order valence-electron chi connectivity index (χ0n) is 17.0. The number of benzene rings is 2. The Balaban J connectivity index is 2.17. The third-order valence-corrected chi connectivity index (χ3v) is 5.87. The minimum Gasteiger partial charge on any atom is -0.484 e. The number of amides is 2. The number of nitrogens with zero attached hydrogens (tertiary/aromatic N) is 1. The van der Waals surface area contributed by atoms with E-state index in [0.29, 0.717) is 12.3 Å². The number of likely N-dealkylation sites (N-methyl/N-ethyl adjacent to an activating group) is 1. The molecule has 0 aromatic heterocycles. The average Bonchev–Trinajstić information content (AvgIpc) is 2.67. The van der Waals surface area contributed by atoms with E-state index in [1.165, 1.54) is 0 Å². The van der Waals surface area contributed by atoms with Gasteiger partial charge in [0.25, 0.3) is 5.91 Å². The molecular weight excluding hydrogens is 420 g/mol. The fourth-order valence-electron chi connectivity index (χ4n) is 3.02. The number of rotatable bonds is 7. The predicted molar refractivity (Wildman–Crippen MR) is 114 cm³/mol. The molecule has 1 atom stereocenters. The average molecular weight is 447 g/mol. The monoisotopic (exact) mass is 446 g/mol. The number of carbonyl (C=O) groups is 2. The lowest BCUT2D eigenvalue weighted by Gasteiger charge is -2.28. The molecule has 0 radical (unpaired) electrons. The third-order valence-electron chi connectivity index (χ3n) is 4.62. The van der Waals surface area contributed by atoms with E-state index >= 15 is 0 Å². The molecule has 0 fully saturated rings. The quantitative estimate of drug-likeness (QED) is 0.700. The van der Waals surface area contributed by atoms with Crippen LogP contribution in [0.1, 0.15) is 29.2 Å². The molecule has 0 aliphatic carbocycles. The molecule has 0 heterocycles. The molecule has 6 heteroatoms. The molecule has 2 rings (SSSR count). The molecule has 0 aliphatic heterocycles. The Morgan fingerprint density at radius 3 is 2.36 bits per heavy atom. The van der Waals surface area contributed by atoms with Crippen LogP contribution >= 0.6 is 15.9 Å². The first-order valence-electron chi connectivity index (χ1n) is 9.19. The maximum Gasteiger partial charge on any atom is 0.261 e. The smallest absolute Gasteiger partial charge is 0.261 e. The van der Waals surface area contributed by atoms with Crippen LogP contribution in [0.4, 0.5) is 0 Å². The van der Waals surface area contributed by atoms with Crippen molar-refractivity contribution >= 4 is 27.7 Å². The van der Waals surface area contributed by atoms with Crippen LogP contribution in [-0.2, 0) is 16.1 Å². The second-order valence-electron chi connectivity index (χ2n) is 6.96. The summed E-state index contributed by atoms with van der Waals surface area (Å²) in [5.41, 5.74) is 4.16. The van der Waals surface area contributed by atoms with Gasteiger partial charge in [0.05, 0.1) is 0 Å². The highest BCUT2D eigenvalue weighted by Gasteiger charge is 2.26. The molecule has 0 spiro atoms. The maximum atomic E-state index is 12.9. The molecule has 0 bridgehead atoms. The Hall–Kier alpha value is -2.34. The largest absolute Gasteiger partial charge is 0.484 e. The number of aryl methyl sites for hydroxylation is 3. The van der Waals surface area contributed by atoms with Crippen LogP contribution in [0.2, 0.25) is 0 Å². The number of hydrogen-bond acceptors (Lipinski definition) is 3. The van der Waals surface area contributed by atoms with E-state index in [-0.39, 0.29) is 18.4 Å². The van der Waals surface area contributed by atoms with Gasteiger partial charge in [-0.2, -0.15) is 0 Å². The fourth-order valence-corrected chi connectivity index (χ4v) is 3.25. The highest BCUT2D eigenvalue weighted by atomic mass is 79.9. The fraction of sp³-hybridized carbons (Fsp3) is 0.364. The molecule has 1 unspecified atom stereocenters. The van der Waals surface area contributed by atoms with Gasteiger partial charge in [-0.05, 0) is 56.5 Å². The van der Waals surface area contributed by atoms with Crippen molar-refractivity contribution in [3.63, 3.8) is 0 Å². The van der Waals surface area contributed by atoms with E-state index in [1.807, 2.05) is 57.2 Å². The standard InChI is InChI=1S/C22H27BrN2O3/c1-14-7-6-8-18(9-14)12-25(17(4)22(27)24-5)20(26)13-28-19-10-15(2)21(23)16(3)11-19/h6-11,17H,12-13H2,1-5H3,(H,24,27). The minimum atomic E-state index is -0.602. The van der Waals surface area contributed by atoms with Crippen LogP contribution < -0.4 is 10.1 Å². The SMILES string of the molecule is CNC(=O)C(C)N(Cc1cccc(C)c1)C(=O)COc1cc(C)c(Br)c(C)c1. The summed E-state index contributed by atoms with van der Waals surface area (Å²) in [6.45, 7) is 7.89. The summed E-state index contributed by atoms with van der Waals surface area (Å²) in [6.07, 6.45) is 0. The van der Waals surface area contributed by atoms with Crippen molar-refractivity contribution in [1.29, 1.82) is 0 Å². The Kier molecular flexibility index (Phi) is 7.63. The summed E-state index contributed by atoms with van der Waals surface area (Å²) < 4.78 is 6.77. The highest BCUT2D eigenvalue weighted by molar-refractivity contribution is 9.10. The van der Waals surface area contributed by atoms with E-state index in [2.05, 4.69) is 21.2 Å². The van der Waals surface area contributed by atoms with Gasteiger partial charge < -0.3 is 15.0 Å². The van der Waals surface area contributed by atoms with Gasteiger partial charge in [-0.1, -0.05) is 45.8 Å². The van der Waals surface area contributed by atoms with Crippen molar-refractivity contribution in [3.8, 4) is 5.75 Å². The molecule has 2 amide bonds. The summed E-state index contributed by atoms with van der Waals surface area (Å²) in [5, 5.41) is 2.61. The first kappa shape index (κ1) is 22.0. The van der Waals surface area contributed by atoms with Gasteiger partial charge in [0.2, 0.25) is 5.91 Å². The topological polar surface area (TPSA) is 58.6 Å². The summed E-state index contributed by atoms with van der Waals surface area (Å²) in [4.78, 5) is 26.6. The zero-order valence-corrected chi connectivity index (χ0v) is 18.6. The number of hydrogen-bond donors (Lipinski definition) is 1. The molecule has 2 aromatic carbocycles. The predicted octanol–water partition coefficient (Wildman–Crippen LogP) is 3.92. The van der Waals surface area contributed by atoms with Gasteiger partial charge in [-0.25, -0.2) is 0 Å². The lowest BCUT2D eigenvalue weighted by Crippen LogP contribution is -2.48. The van der Waals surface area contributed by atoms with E-state index < -0.39 is 6.04 Å². The Morgan fingerprint density at radius 2 is 1.79 bits per heavy atom. The van der Waals surface area contributed by atoms with Crippen molar-refractivity contribution in [2.75, 3.05) is 13.7 Å². The number of carbonyl (C=O) groups excluding carboxylic acids is 2.